The molecule has 3 rings (SSSR count). The van der Waals surface area contributed by atoms with E-state index in [1.165, 1.54) is 49.6 Å². The summed E-state index contributed by atoms with van der Waals surface area (Å²) in [5, 5.41) is 23.5. The number of hydrogen-bond acceptors (Lipinski definition) is 7. The van der Waals surface area contributed by atoms with Crippen molar-refractivity contribution in [2.75, 3.05) is 17.1 Å². The van der Waals surface area contributed by atoms with Crippen LogP contribution < -0.4 is 14.8 Å². The molecule has 0 heterocycles. The van der Waals surface area contributed by atoms with Crippen LogP contribution in [-0.4, -0.2) is 31.5 Å². The van der Waals surface area contributed by atoms with E-state index in [1.807, 2.05) is 0 Å². The minimum Gasteiger partial charge on any atom is -0.506 e. The van der Waals surface area contributed by atoms with Crippen LogP contribution in [0.5, 0.6) is 11.5 Å². The number of nitrogens with zero attached hydrogens (tertiary/aromatic N) is 1. The van der Waals surface area contributed by atoms with Crippen LogP contribution in [0.25, 0.3) is 0 Å². The minimum absolute atomic E-state index is 0.0267. The number of ether oxygens (including phenoxy) is 1. The zero-order valence-corrected chi connectivity index (χ0v) is 17.8. The fourth-order valence-corrected chi connectivity index (χ4v) is 3.95. The Hall–Kier alpha value is -4.12. The zero-order valence-electron chi connectivity index (χ0n) is 17.0. The third-order valence-electron chi connectivity index (χ3n) is 4.45. The van der Waals surface area contributed by atoms with Crippen LogP contribution in [0.4, 0.5) is 17.1 Å². The number of non-ortho nitro benzene ring substituents is 1. The molecule has 0 radical (unpaired) electrons. The molecule has 0 saturated carbocycles. The molecule has 0 bridgehead atoms. The number of carbonyl (C=O) groups excluding carboxylic acids is 1. The van der Waals surface area contributed by atoms with E-state index in [1.54, 1.807) is 13.0 Å². The highest BCUT2D eigenvalue weighted by molar-refractivity contribution is 7.92. The smallest absolute Gasteiger partial charge is 0.271 e. The number of rotatable bonds is 7. The summed E-state index contributed by atoms with van der Waals surface area (Å²) in [5.74, 6) is -0.668. The molecule has 0 aliphatic heterocycles. The lowest BCUT2D eigenvalue weighted by atomic mass is 10.2. The monoisotopic (exact) mass is 457 g/mol. The van der Waals surface area contributed by atoms with Gasteiger partial charge in [-0.1, -0.05) is 12.1 Å². The van der Waals surface area contributed by atoms with Gasteiger partial charge in [0.25, 0.3) is 21.6 Å². The number of nitro groups is 1. The summed E-state index contributed by atoms with van der Waals surface area (Å²) < 4.78 is 33.1. The average molecular weight is 457 g/mol. The highest BCUT2D eigenvalue weighted by Crippen LogP contribution is 2.31. The first-order chi connectivity index (χ1) is 15.1. The quantitative estimate of drug-likeness (QED) is 0.278. The second-order valence-corrected chi connectivity index (χ2v) is 8.43. The van der Waals surface area contributed by atoms with Crippen LogP contribution in [0.3, 0.4) is 0 Å². The summed E-state index contributed by atoms with van der Waals surface area (Å²) in [5.41, 5.74) is 0.555. The summed E-state index contributed by atoms with van der Waals surface area (Å²) in [6, 6.07) is 13.4. The summed E-state index contributed by atoms with van der Waals surface area (Å²) in [6.45, 7) is 1.78. The number of nitro benzene ring substituents is 1. The molecule has 0 fully saturated rings. The lowest BCUT2D eigenvalue weighted by Crippen LogP contribution is -2.16. The zero-order chi connectivity index (χ0) is 23.5. The Labute approximate surface area is 183 Å². The van der Waals surface area contributed by atoms with Crippen LogP contribution >= 0.6 is 0 Å². The number of anilines is 2. The molecule has 0 atom stereocenters. The predicted molar refractivity (Wildman–Crippen MR) is 118 cm³/mol. The Morgan fingerprint density at radius 3 is 2.47 bits per heavy atom. The average Bonchev–Trinajstić information content (AvgIpc) is 2.75. The topological polar surface area (TPSA) is 148 Å². The lowest BCUT2D eigenvalue weighted by molar-refractivity contribution is -0.384. The van der Waals surface area contributed by atoms with Gasteiger partial charge < -0.3 is 15.2 Å². The standard InChI is InChI=1S/C21H19N3O7S/c1-13-6-8-17(19(25)10-13)22-21(26)14-4-3-5-16(11-14)32(29,30)23-18-12-15(24(27)28)7-9-20(18)31-2/h3-12,23,25H,1-2H3,(H,22,26). The number of amides is 1. The fourth-order valence-electron chi connectivity index (χ4n) is 2.84. The molecular formula is C21H19N3O7S. The van der Waals surface area contributed by atoms with Gasteiger partial charge in [0.1, 0.15) is 11.5 Å². The number of aryl methyl sites for hydroxylation is 1. The summed E-state index contributed by atoms with van der Waals surface area (Å²) in [7, 11) is -2.92. The van der Waals surface area contributed by atoms with Crippen LogP contribution in [0.15, 0.2) is 65.6 Å². The van der Waals surface area contributed by atoms with Gasteiger partial charge in [0.05, 0.1) is 28.3 Å². The van der Waals surface area contributed by atoms with Crippen LogP contribution in [-0.2, 0) is 10.0 Å². The van der Waals surface area contributed by atoms with Crippen molar-refractivity contribution in [3.8, 4) is 11.5 Å². The Morgan fingerprint density at radius 2 is 1.81 bits per heavy atom. The number of aromatic hydroxyl groups is 1. The van der Waals surface area contributed by atoms with Gasteiger partial charge in [-0.25, -0.2) is 8.42 Å². The molecule has 0 aliphatic carbocycles. The van der Waals surface area contributed by atoms with E-state index in [9.17, 15) is 28.4 Å². The molecule has 3 aromatic rings. The second kappa shape index (κ2) is 8.94. The lowest BCUT2D eigenvalue weighted by Gasteiger charge is -2.13. The van der Waals surface area contributed by atoms with E-state index in [0.29, 0.717) is 0 Å². The first kappa shape index (κ1) is 22.6. The molecule has 0 aliphatic rings. The molecule has 0 saturated heterocycles. The first-order valence-corrected chi connectivity index (χ1v) is 10.7. The molecular weight excluding hydrogens is 438 g/mol. The van der Waals surface area contributed by atoms with Gasteiger partial charge in [-0.15, -0.1) is 0 Å². The molecule has 10 nitrogen and oxygen atoms in total. The Balaban J connectivity index is 1.89. The normalized spacial score (nSPS) is 10.9. The van der Waals surface area contributed by atoms with Crippen LogP contribution in [0.1, 0.15) is 15.9 Å². The van der Waals surface area contributed by atoms with E-state index in [-0.39, 0.29) is 39.0 Å². The van der Waals surface area contributed by atoms with E-state index < -0.39 is 20.9 Å². The number of hydrogen-bond donors (Lipinski definition) is 3. The van der Waals surface area contributed by atoms with Gasteiger partial charge in [0.2, 0.25) is 0 Å². The van der Waals surface area contributed by atoms with E-state index in [4.69, 9.17) is 4.74 Å². The SMILES string of the molecule is COc1ccc([N+](=O)[O-])cc1NS(=O)(=O)c1cccc(C(=O)Nc2ccc(C)cc2O)c1. The Bertz CT molecular complexity index is 1310. The molecule has 166 valence electrons. The first-order valence-electron chi connectivity index (χ1n) is 9.17. The second-order valence-electron chi connectivity index (χ2n) is 6.75. The minimum atomic E-state index is -4.21. The fraction of sp³-hybridized carbons (Fsp3) is 0.0952. The van der Waals surface area contributed by atoms with E-state index in [2.05, 4.69) is 10.0 Å². The number of carbonyl (C=O) groups is 1. The molecule has 0 aromatic heterocycles. The maximum Gasteiger partial charge on any atom is 0.271 e. The largest absolute Gasteiger partial charge is 0.506 e. The number of nitrogens with one attached hydrogen (secondary N) is 2. The van der Waals surface area contributed by atoms with Gasteiger partial charge in [-0.3, -0.25) is 19.6 Å². The molecule has 3 N–H and O–H groups in total. The molecule has 11 heteroatoms. The molecule has 32 heavy (non-hydrogen) atoms. The molecule has 3 aromatic carbocycles. The van der Waals surface area contributed by atoms with Crippen molar-refractivity contribution >= 4 is 33.0 Å². The highest BCUT2D eigenvalue weighted by Gasteiger charge is 2.21. The van der Waals surface area contributed by atoms with Gasteiger partial charge >= 0.3 is 0 Å². The van der Waals surface area contributed by atoms with Crippen LogP contribution in [0.2, 0.25) is 0 Å². The van der Waals surface area contributed by atoms with Gasteiger partial charge in [0.15, 0.2) is 0 Å². The summed E-state index contributed by atoms with van der Waals surface area (Å²) in [6.07, 6.45) is 0. The maximum atomic E-state index is 12.9. The Morgan fingerprint density at radius 1 is 1.06 bits per heavy atom. The van der Waals surface area contributed by atoms with E-state index in [0.717, 1.165) is 17.7 Å². The maximum absolute atomic E-state index is 12.9. The third-order valence-corrected chi connectivity index (χ3v) is 5.81. The van der Waals surface area contributed by atoms with Crippen molar-refractivity contribution in [2.45, 2.75) is 11.8 Å². The summed E-state index contributed by atoms with van der Waals surface area (Å²) in [4.78, 5) is 22.7. The molecule has 0 spiro atoms. The van der Waals surface area contributed by atoms with Crippen molar-refractivity contribution in [2.24, 2.45) is 0 Å². The number of sulfonamides is 1. The van der Waals surface area contributed by atoms with Crippen molar-refractivity contribution in [1.29, 1.82) is 0 Å². The Kier molecular flexibility index (Phi) is 6.30. The number of phenolic OH excluding ortho intramolecular Hbond substituents is 1. The molecule has 0 unspecified atom stereocenters. The number of methoxy groups -OCH3 is 1. The van der Waals surface area contributed by atoms with Gasteiger partial charge in [-0.05, 0) is 48.9 Å². The molecule has 1 amide bonds. The predicted octanol–water partition coefficient (Wildman–Crippen LogP) is 3.67. The summed E-state index contributed by atoms with van der Waals surface area (Å²) >= 11 is 0. The van der Waals surface area contributed by atoms with Gasteiger partial charge in [-0.2, -0.15) is 0 Å². The van der Waals surface area contributed by atoms with Crippen molar-refractivity contribution < 1.29 is 28.0 Å². The van der Waals surface area contributed by atoms with Crippen molar-refractivity contribution in [3.63, 3.8) is 0 Å². The number of phenols is 1. The van der Waals surface area contributed by atoms with Crippen LogP contribution in [0, 0.1) is 17.0 Å². The van der Waals surface area contributed by atoms with E-state index >= 15 is 0 Å². The highest BCUT2D eigenvalue weighted by atomic mass is 32.2. The number of benzene rings is 3. The van der Waals surface area contributed by atoms with Gasteiger partial charge in [0, 0.05) is 17.7 Å². The van der Waals surface area contributed by atoms with Crippen molar-refractivity contribution in [1.82, 2.24) is 0 Å². The third kappa shape index (κ3) is 4.95. The van der Waals surface area contributed by atoms with Crippen molar-refractivity contribution in [3.05, 3.63) is 81.9 Å².